The second-order valence-electron chi connectivity index (χ2n) is 3.26. The van der Waals surface area contributed by atoms with E-state index >= 15 is 0 Å². The van der Waals surface area contributed by atoms with E-state index in [1.807, 2.05) is 0 Å². The van der Waals surface area contributed by atoms with Crippen molar-refractivity contribution in [3.8, 4) is 11.1 Å². The molecule has 16 heavy (non-hydrogen) atoms. The Bertz CT molecular complexity index is 517. The number of aromatic nitrogens is 1. The molecule has 0 saturated carbocycles. The van der Waals surface area contributed by atoms with E-state index in [2.05, 4.69) is 4.98 Å². The van der Waals surface area contributed by atoms with Gasteiger partial charge in [-0.15, -0.1) is 0 Å². The molecule has 82 valence electrons. The molecule has 0 aliphatic carbocycles. The number of pyridine rings is 1. The molecule has 2 N–H and O–H groups in total. The van der Waals surface area contributed by atoms with Crippen LogP contribution in [0.3, 0.4) is 0 Å². The standard InChI is InChI=1S/C11H7Cl3N2/c12-9-2-6(3-10(13)11(9)14)7-1-8(15)5-16-4-7/h1-5H,15H2. The van der Waals surface area contributed by atoms with Crippen LogP contribution < -0.4 is 5.73 Å². The van der Waals surface area contributed by atoms with Crippen molar-refractivity contribution in [2.45, 2.75) is 0 Å². The summed E-state index contributed by atoms with van der Waals surface area (Å²) < 4.78 is 0. The maximum atomic E-state index is 5.94. The molecule has 2 aromatic rings. The zero-order chi connectivity index (χ0) is 11.7. The Morgan fingerprint density at radius 1 is 0.875 bits per heavy atom. The van der Waals surface area contributed by atoms with Gasteiger partial charge in [0.05, 0.1) is 20.8 Å². The van der Waals surface area contributed by atoms with Crippen LogP contribution in [0.1, 0.15) is 0 Å². The van der Waals surface area contributed by atoms with E-state index in [0.717, 1.165) is 11.1 Å². The Balaban J connectivity index is 2.57. The number of rotatable bonds is 1. The summed E-state index contributed by atoms with van der Waals surface area (Å²) in [5.41, 5.74) is 7.91. The molecule has 0 amide bonds. The largest absolute Gasteiger partial charge is 0.397 e. The summed E-state index contributed by atoms with van der Waals surface area (Å²) in [5.74, 6) is 0. The fourth-order valence-corrected chi connectivity index (χ4v) is 1.93. The minimum absolute atomic E-state index is 0.351. The zero-order valence-electron chi connectivity index (χ0n) is 8.05. The molecule has 0 unspecified atom stereocenters. The SMILES string of the molecule is Nc1cncc(-c2cc(Cl)c(Cl)c(Cl)c2)c1. The lowest BCUT2D eigenvalue weighted by Gasteiger charge is -2.05. The van der Waals surface area contributed by atoms with E-state index in [4.69, 9.17) is 40.5 Å². The average molecular weight is 274 g/mol. The molecule has 5 heteroatoms. The van der Waals surface area contributed by atoms with Gasteiger partial charge < -0.3 is 5.73 Å². The Kier molecular flexibility index (Phi) is 3.24. The lowest BCUT2D eigenvalue weighted by molar-refractivity contribution is 1.33. The molecule has 1 aromatic carbocycles. The van der Waals surface area contributed by atoms with Crippen LogP contribution in [0, 0.1) is 0 Å². The first-order valence-corrected chi connectivity index (χ1v) is 5.57. The Morgan fingerprint density at radius 2 is 1.50 bits per heavy atom. The van der Waals surface area contributed by atoms with E-state index < -0.39 is 0 Å². The number of hydrogen-bond acceptors (Lipinski definition) is 2. The van der Waals surface area contributed by atoms with Crippen molar-refractivity contribution >= 4 is 40.5 Å². The van der Waals surface area contributed by atoms with E-state index in [1.165, 1.54) is 0 Å². The summed E-state index contributed by atoms with van der Waals surface area (Å²) in [7, 11) is 0. The predicted molar refractivity (Wildman–Crippen MR) is 69.1 cm³/mol. The summed E-state index contributed by atoms with van der Waals surface area (Å²) in [6.45, 7) is 0. The van der Waals surface area contributed by atoms with Gasteiger partial charge in [-0.2, -0.15) is 0 Å². The maximum absolute atomic E-state index is 5.94. The van der Waals surface area contributed by atoms with Gasteiger partial charge in [0.1, 0.15) is 0 Å². The fraction of sp³-hybridized carbons (Fsp3) is 0. The van der Waals surface area contributed by atoms with E-state index in [-0.39, 0.29) is 0 Å². The number of nitrogens with zero attached hydrogens (tertiary/aromatic N) is 1. The summed E-state index contributed by atoms with van der Waals surface area (Å²) in [6.07, 6.45) is 3.26. The molecule has 0 saturated heterocycles. The molecule has 0 aliphatic heterocycles. The molecule has 1 aromatic heterocycles. The minimum Gasteiger partial charge on any atom is -0.397 e. The van der Waals surface area contributed by atoms with Gasteiger partial charge in [0.15, 0.2) is 0 Å². The second kappa shape index (κ2) is 4.50. The number of hydrogen-bond donors (Lipinski definition) is 1. The van der Waals surface area contributed by atoms with Gasteiger partial charge >= 0.3 is 0 Å². The normalized spacial score (nSPS) is 10.4. The van der Waals surface area contributed by atoms with Crippen LogP contribution in [0.2, 0.25) is 15.1 Å². The number of benzene rings is 1. The Labute approximate surface area is 108 Å². The molecule has 0 atom stereocenters. The minimum atomic E-state index is 0.351. The van der Waals surface area contributed by atoms with E-state index in [9.17, 15) is 0 Å². The Morgan fingerprint density at radius 3 is 2.06 bits per heavy atom. The number of nitrogens with two attached hydrogens (primary N) is 1. The van der Waals surface area contributed by atoms with Crippen molar-refractivity contribution in [3.05, 3.63) is 45.7 Å². The van der Waals surface area contributed by atoms with Crippen molar-refractivity contribution in [1.82, 2.24) is 4.98 Å². The zero-order valence-corrected chi connectivity index (χ0v) is 10.3. The first kappa shape index (κ1) is 11.5. The van der Waals surface area contributed by atoms with Gasteiger partial charge in [0, 0.05) is 18.0 Å². The highest BCUT2D eigenvalue weighted by Gasteiger charge is 2.07. The highest BCUT2D eigenvalue weighted by molar-refractivity contribution is 6.48. The van der Waals surface area contributed by atoms with Crippen LogP contribution in [-0.4, -0.2) is 4.98 Å². The smallest absolute Gasteiger partial charge is 0.0778 e. The van der Waals surface area contributed by atoms with E-state index in [0.29, 0.717) is 20.8 Å². The van der Waals surface area contributed by atoms with Crippen LogP contribution in [0.5, 0.6) is 0 Å². The molecule has 0 radical (unpaired) electrons. The third kappa shape index (κ3) is 2.24. The van der Waals surface area contributed by atoms with Gasteiger partial charge in [-0.05, 0) is 23.8 Å². The third-order valence-corrected chi connectivity index (χ3v) is 3.27. The summed E-state index contributed by atoms with van der Waals surface area (Å²) in [4.78, 5) is 4.00. The van der Waals surface area contributed by atoms with Gasteiger partial charge in [-0.1, -0.05) is 34.8 Å². The average Bonchev–Trinajstić information content (AvgIpc) is 2.25. The van der Waals surface area contributed by atoms with Crippen LogP contribution in [0.15, 0.2) is 30.6 Å². The molecule has 0 bridgehead atoms. The molecular weight excluding hydrogens is 266 g/mol. The number of nitrogen functional groups attached to an aromatic ring is 1. The highest BCUT2D eigenvalue weighted by atomic mass is 35.5. The van der Waals surface area contributed by atoms with Crippen LogP contribution in [0.25, 0.3) is 11.1 Å². The lowest BCUT2D eigenvalue weighted by Crippen LogP contribution is -1.88. The van der Waals surface area contributed by atoms with Crippen molar-refractivity contribution in [2.75, 3.05) is 5.73 Å². The van der Waals surface area contributed by atoms with E-state index in [1.54, 1.807) is 30.6 Å². The lowest BCUT2D eigenvalue weighted by atomic mass is 10.1. The van der Waals surface area contributed by atoms with Gasteiger partial charge in [0.2, 0.25) is 0 Å². The summed E-state index contributed by atoms with van der Waals surface area (Å²) in [5, 5.41) is 1.17. The maximum Gasteiger partial charge on any atom is 0.0778 e. The molecule has 2 rings (SSSR count). The fourth-order valence-electron chi connectivity index (χ4n) is 1.34. The molecule has 0 fully saturated rings. The van der Waals surface area contributed by atoms with Crippen LogP contribution in [-0.2, 0) is 0 Å². The van der Waals surface area contributed by atoms with Gasteiger partial charge in [-0.25, -0.2) is 0 Å². The van der Waals surface area contributed by atoms with Crippen LogP contribution in [0.4, 0.5) is 5.69 Å². The second-order valence-corrected chi connectivity index (χ2v) is 4.45. The van der Waals surface area contributed by atoms with Crippen molar-refractivity contribution in [2.24, 2.45) is 0 Å². The Hall–Kier alpha value is -0.960. The molecule has 2 nitrogen and oxygen atoms in total. The third-order valence-electron chi connectivity index (χ3n) is 2.08. The highest BCUT2D eigenvalue weighted by Crippen LogP contribution is 2.35. The first-order valence-electron chi connectivity index (χ1n) is 4.43. The van der Waals surface area contributed by atoms with Gasteiger partial charge in [-0.3, -0.25) is 4.98 Å². The molecule has 1 heterocycles. The number of anilines is 1. The molecule has 0 aliphatic rings. The van der Waals surface area contributed by atoms with Crippen LogP contribution >= 0.6 is 34.8 Å². The summed E-state index contributed by atoms with van der Waals surface area (Å²) >= 11 is 17.7. The van der Waals surface area contributed by atoms with Crippen molar-refractivity contribution in [1.29, 1.82) is 0 Å². The first-order chi connectivity index (χ1) is 7.58. The number of halogens is 3. The van der Waals surface area contributed by atoms with Crippen molar-refractivity contribution in [3.63, 3.8) is 0 Å². The quantitative estimate of drug-likeness (QED) is 0.787. The molecular formula is C11H7Cl3N2. The monoisotopic (exact) mass is 272 g/mol. The summed E-state index contributed by atoms with van der Waals surface area (Å²) in [6, 6.07) is 5.25. The molecule has 0 spiro atoms. The predicted octanol–water partition coefficient (Wildman–Crippen LogP) is 4.29. The van der Waals surface area contributed by atoms with Gasteiger partial charge in [0.25, 0.3) is 0 Å². The van der Waals surface area contributed by atoms with Crippen molar-refractivity contribution < 1.29 is 0 Å². The topological polar surface area (TPSA) is 38.9 Å².